The van der Waals surface area contributed by atoms with Gasteiger partial charge in [0.15, 0.2) is 5.03 Å². The van der Waals surface area contributed by atoms with Crippen LogP contribution in [-0.2, 0) is 0 Å². The van der Waals surface area contributed by atoms with Crippen LogP contribution in [0.5, 0.6) is 0 Å². The third-order valence-electron chi connectivity index (χ3n) is 0.962. The van der Waals surface area contributed by atoms with Crippen molar-refractivity contribution in [2.45, 2.75) is 26.7 Å². The second-order valence-electron chi connectivity index (χ2n) is 2.08. The van der Waals surface area contributed by atoms with Gasteiger partial charge in [0.2, 0.25) is 0 Å². The smallest absolute Gasteiger partial charge is 0.157 e. The van der Waals surface area contributed by atoms with Crippen molar-refractivity contribution in [1.82, 2.24) is 5.43 Å². The number of nitrogens with zero attached hydrogens (tertiary/aromatic N) is 4. The first kappa shape index (κ1) is 14.1. The minimum Gasteiger partial charge on any atom is -0.235 e. The summed E-state index contributed by atoms with van der Waals surface area (Å²) in [6.45, 7) is 4.76. The van der Waals surface area contributed by atoms with Crippen molar-refractivity contribution in [2.24, 2.45) is 5.11 Å². The maximum atomic E-state index is 9.29. The van der Waals surface area contributed by atoms with Gasteiger partial charge < -0.3 is 0 Å². The molecule has 0 rings (SSSR count). The van der Waals surface area contributed by atoms with Gasteiger partial charge in [-0.25, -0.2) is 10.1 Å². The first-order chi connectivity index (χ1) is 6.18. The van der Waals surface area contributed by atoms with Crippen LogP contribution >= 0.6 is 0 Å². The average molecular weight is 189 g/mol. The van der Waals surface area contributed by atoms with Crippen molar-refractivity contribution in [2.75, 3.05) is 13.1 Å². The normalized spacial score (nSPS) is 7.54. The number of nitrogens with one attached hydrogen (secondary N) is 1. The Balaban J connectivity index is 0. The Labute approximate surface area is 76.9 Å². The lowest BCUT2D eigenvalue weighted by atomic mass is 10.3. The van der Waals surface area contributed by atoms with Gasteiger partial charge in [-0.05, 0) is 18.9 Å². The van der Waals surface area contributed by atoms with Crippen molar-refractivity contribution < 1.29 is 5.03 Å². The lowest BCUT2D eigenvalue weighted by Gasteiger charge is -1.83. The molecule has 7 heteroatoms. The van der Waals surface area contributed by atoms with Crippen LogP contribution < -0.4 is 5.43 Å². The van der Waals surface area contributed by atoms with Gasteiger partial charge in [0.1, 0.15) is 0 Å². The average Bonchev–Trinajstić information content (AvgIpc) is 2.06. The second kappa shape index (κ2) is 13.1. The number of hydrogen-bond donors (Lipinski definition) is 1. The van der Waals surface area contributed by atoms with Gasteiger partial charge in [-0.15, -0.1) is 5.43 Å². The third kappa shape index (κ3) is 25.1. The lowest BCUT2D eigenvalue weighted by Crippen LogP contribution is -2.19. The zero-order chi connectivity index (χ0) is 10.5. The van der Waals surface area contributed by atoms with Crippen LogP contribution in [0.3, 0.4) is 0 Å². The van der Waals surface area contributed by atoms with E-state index in [9.17, 15) is 10.1 Å². The Morgan fingerprint density at radius 2 is 2.23 bits per heavy atom. The molecule has 0 unspecified atom stereocenters. The fraction of sp³-hybridized carbons (Fsp3) is 1.00. The fourth-order valence-electron chi connectivity index (χ4n) is 0.403. The zero-order valence-electron chi connectivity index (χ0n) is 7.93. The molecule has 0 fully saturated rings. The lowest BCUT2D eigenvalue weighted by molar-refractivity contribution is -0.543. The van der Waals surface area contributed by atoms with Gasteiger partial charge in [-0.3, -0.25) is 0 Å². The second-order valence-corrected chi connectivity index (χ2v) is 2.08. The SMILES string of the molecule is CCCCN=[N+]=[N-].CCN[N+](=O)[O-]. The molecular weight excluding hydrogens is 174 g/mol. The van der Waals surface area contributed by atoms with E-state index >= 15 is 0 Å². The molecule has 0 aromatic carbocycles. The van der Waals surface area contributed by atoms with E-state index in [0.29, 0.717) is 13.1 Å². The molecule has 0 aliphatic heterocycles. The van der Waals surface area contributed by atoms with E-state index in [-0.39, 0.29) is 0 Å². The van der Waals surface area contributed by atoms with Gasteiger partial charge in [0, 0.05) is 11.5 Å². The molecular formula is C6H15N5O2. The molecule has 0 aromatic rings. The van der Waals surface area contributed by atoms with Crippen molar-refractivity contribution in [3.63, 3.8) is 0 Å². The molecule has 1 N–H and O–H groups in total. The largest absolute Gasteiger partial charge is 0.235 e. The molecule has 0 heterocycles. The van der Waals surface area contributed by atoms with Gasteiger partial charge >= 0.3 is 0 Å². The summed E-state index contributed by atoms with van der Waals surface area (Å²) in [6.07, 6.45) is 2.10. The summed E-state index contributed by atoms with van der Waals surface area (Å²) in [5.41, 5.74) is 9.68. The maximum Gasteiger partial charge on any atom is 0.157 e. The number of hydrazine groups is 1. The highest BCUT2D eigenvalue weighted by Gasteiger charge is 1.80. The summed E-state index contributed by atoms with van der Waals surface area (Å²) < 4.78 is 0. The molecule has 0 atom stereocenters. The van der Waals surface area contributed by atoms with Crippen molar-refractivity contribution in [3.8, 4) is 0 Å². The molecule has 0 aromatic heterocycles. The standard InChI is InChI=1S/C4H9N3.C2H6N2O2/c1-2-3-4-6-7-5;1-2-3-4(5)6/h2-4H2,1H3;3H,2H2,1H3. The predicted molar refractivity (Wildman–Crippen MR) is 49.6 cm³/mol. The minimum absolute atomic E-state index is 0.382. The van der Waals surface area contributed by atoms with E-state index < -0.39 is 5.03 Å². The monoisotopic (exact) mass is 189 g/mol. The van der Waals surface area contributed by atoms with E-state index in [1.165, 1.54) is 0 Å². The molecule has 13 heavy (non-hydrogen) atoms. The molecule has 0 amide bonds. The molecule has 0 aliphatic carbocycles. The summed E-state index contributed by atoms with van der Waals surface area (Å²) in [6, 6.07) is 0. The molecule has 0 aliphatic rings. The zero-order valence-corrected chi connectivity index (χ0v) is 7.93. The van der Waals surface area contributed by atoms with Crippen LogP contribution in [0.1, 0.15) is 26.7 Å². The molecule has 0 bridgehead atoms. The molecule has 0 saturated carbocycles. The van der Waals surface area contributed by atoms with Gasteiger partial charge in [0.05, 0.1) is 6.54 Å². The highest BCUT2D eigenvalue weighted by Crippen LogP contribution is 1.85. The van der Waals surface area contributed by atoms with Crippen LogP contribution in [0.4, 0.5) is 0 Å². The number of azide groups is 1. The van der Waals surface area contributed by atoms with Gasteiger partial charge in [-0.2, -0.15) is 0 Å². The number of nitro groups is 1. The van der Waals surface area contributed by atoms with Crippen LogP contribution in [0.2, 0.25) is 0 Å². The van der Waals surface area contributed by atoms with Crippen molar-refractivity contribution >= 4 is 0 Å². The first-order valence-electron chi connectivity index (χ1n) is 4.07. The summed E-state index contributed by atoms with van der Waals surface area (Å²) in [7, 11) is 0. The highest BCUT2D eigenvalue weighted by molar-refractivity contribution is 4.43. The fourth-order valence-corrected chi connectivity index (χ4v) is 0.403. The summed E-state index contributed by atoms with van der Waals surface area (Å²) in [5, 5.41) is 12.1. The highest BCUT2D eigenvalue weighted by atomic mass is 16.7. The quantitative estimate of drug-likeness (QED) is 0.178. The number of hydrogen-bond acceptors (Lipinski definition) is 3. The number of rotatable bonds is 5. The Hall–Kier alpha value is -1.49. The third-order valence-corrected chi connectivity index (χ3v) is 0.962. The molecule has 7 nitrogen and oxygen atoms in total. The van der Waals surface area contributed by atoms with Crippen molar-refractivity contribution in [1.29, 1.82) is 0 Å². The Morgan fingerprint density at radius 1 is 1.62 bits per heavy atom. The molecule has 0 spiro atoms. The Kier molecular flexibility index (Phi) is 14.2. The van der Waals surface area contributed by atoms with E-state index in [4.69, 9.17) is 5.53 Å². The van der Waals surface area contributed by atoms with E-state index in [0.717, 1.165) is 12.8 Å². The first-order valence-corrected chi connectivity index (χ1v) is 4.07. The van der Waals surface area contributed by atoms with E-state index in [2.05, 4.69) is 16.9 Å². The van der Waals surface area contributed by atoms with Crippen LogP contribution in [0.25, 0.3) is 10.4 Å². The van der Waals surface area contributed by atoms with E-state index in [1.807, 2.05) is 5.43 Å². The van der Waals surface area contributed by atoms with Crippen molar-refractivity contribution in [3.05, 3.63) is 20.6 Å². The molecule has 76 valence electrons. The maximum absolute atomic E-state index is 9.29. The van der Waals surface area contributed by atoms with Gasteiger partial charge in [-0.1, -0.05) is 18.5 Å². The summed E-state index contributed by atoms with van der Waals surface area (Å²) in [5.74, 6) is 0. The van der Waals surface area contributed by atoms with E-state index in [1.54, 1.807) is 6.92 Å². The molecule has 0 saturated heterocycles. The predicted octanol–water partition coefficient (Wildman–Crippen LogP) is 1.88. The van der Waals surface area contributed by atoms with Crippen LogP contribution in [0, 0.1) is 10.1 Å². The summed E-state index contributed by atoms with van der Waals surface area (Å²) >= 11 is 0. The topological polar surface area (TPSA) is 104 Å². The Morgan fingerprint density at radius 3 is 2.46 bits per heavy atom. The van der Waals surface area contributed by atoms with Gasteiger partial charge in [0.25, 0.3) is 0 Å². The summed E-state index contributed by atoms with van der Waals surface area (Å²) in [4.78, 5) is 11.9. The molecule has 0 radical (unpaired) electrons. The van der Waals surface area contributed by atoms with Crippen LogP contribution in [0.15, 0.2) is 5.11 Å². The number of unbranched alkanes of at least 4 members (excludes halogenated alkanes) is 1. The Bertz CT molecular complexity index is 166. The van der Waals surface area contributed by atoms with Crippen LogP contribution in [-0.4, -0.2) is 18.1 Å². The minimum atomic E-state index is -0.569.